The summed E-state index contributed by atoms with van der Waals surface area (Å²) in [6.07, 6.45) is -4.13. The van der Waals surface area contributed by atoms with Gasteiger partial charge in [0.25, 0.3) is 10.2 Å². The number of rotatable bonds is 4. The third-order valence-electron chi connectivity index (χ3n) is 5.05. The van der Waals surface area contributed by atoms with Gasteiger partial charge >= 0.3 is 12.1 Å². The van der Waals surface area contributed by atoms with Crippen LogP contribution in [0.5, 0.6) is 0 Å². The van der Waals surface area contributed by atoms with Crippen molar-refractivity contribution in [1.29, 1.82) is 0 Å². The molecule has 2 saturated heterocycles. The normalized spacial score (nSPS) is 23.6. The molecule has 3 rings (SSSR count). The summed E-state index contributed by atoms with van der Waals surface area (Å²) in [6.45, 7) is 6.04. The van der Waals surface area contributed by atoms with Crippen molar-refractivity contribution in [1.82, 2.24) is 13.5 Å². The zero-order chi connectivity index (χ0) is 22.0. The maximum Gasteiger partial charge on any atom is 0.490 e. The van der Waals surface area contributed by atoms with Crippen LogP contribution < -0.4 is 0 Å². The van der Waals surface area contributed by atoms with E-state index in [9.17, 15) is 21.6 Å². The second-order valence-electron chi connectivity index (χ2n) is 7.47. The van der Waals surface area contributed by atoms with Gasteiger partial charge in [0, 0.05) is 40.3 Å². The SMILES string of the molecule is Cc1ccc(CN2C[C@H]3CCN(S(=O)(=O)N(C)C)C[C@H]3C2)o1.O=C(O)C(F)(F)F. The van der Waals surface area contributed by atoms with Gasteiger partial charge in [-0.25, -0.2) is 4.79 Å². The molecule has 1 N–H and O–H groups in total. The Kier molecular flexibility index (Phi) is 7.36. The average molecular weight is 441 g/mol. The molecule has 0 amide bonds. The van der Waals surface area contributed by atoms with Crippen LogP contribution in [-0.2, 0) is 21.5 Å². The molecule has 0 unspecified atom stereocenters. The fourth-order valence-corrected chi connectivity index (χ4v) is 4.77. The first-order valence-electron chi connectivity index (χ1n) is 9.06. The van der Waals surface area contributed by atoms with Crippen LogP contribution in [0.15, 0.2) is 16.5 Å². The molecule has 0 bridgehead atoms. The first-order valence-corrected chi connectivity index (χ1v) is 10.5. The molecule has 1 aromatic heterocycles. The molecule has 12 heteroatoms. The molecule has 3 heterocycles. The number of carboxylic acids is 1. The number of piperidine rings is 1. The molecule has 166 valence electrons. The van der Waals surface area contributed by atoms with E-state index < -0.39 is 22.4 Å². The summed E-state index contributed by atoms with van der Waals surface area (Å²) in [5, 5.41) is 7.12. The van der Waals surface area contributed by atoms with Gasteiger partial charge in [-0.2, -0.15) is 30.2 Å². The lowest BCUT2D eigenvalue weighted by molar-refractivity contribution is -0.192. The molecule has 0 aromatic carbocycles. The summed E-state index contributed by atoms with van der Waals surface area (Å²) in [5.74, 6) is 0.209. The Morgan fingerprint density at radius 1 is 1.24 bits per heavy atom. The molecule has 1 aromatic rings. The smallest absolute Gasteiger partial charge is 0.475 e. The van der Waals surface area contributed by atoms with Crippen LogP contribution in [0.1, 0.15) is 17.9 Å². The van der Waals surface area contributed by atoms with Gasteiger partial charge in [-0.1, -0.05) is 0 Å². The first-order chi connectivity index (χ1) is 13.3. The zero-order valence-electron chi connectivity index (χ0n) is 16.5. The lowest BCUT2D eigenvalue weighted by Gasteiger charge is -2.34. The van der Waals surface area contributed by atoms with E-state index in [4.69, 9.17) is 14.3 Å². The fourth-order valence-electron chi connectivity index (χ4n) is 3.59. The fraction of sp³-hybridized carbons (Fsp3) is 0.706. The maximum atomic E-state index is 12.3. The number of hydrogen-bond acceptors (Lipinski definition) is 5. The molecule has 2 aliphatic rings. The average Bonchev–Trinajstić information content (AvgIpc) is 3.19. The van der Waals surface area contributed by atoms with Crippen molar-refractivity contribution in [2.75, 3.05) is 40.3 Å². The van der Waals surface area contributed by atoms with Crippen LogP contribution >= 0.6 is 0 Å². The number of halogens is 3. The minimum Gasteiger partial charge on any atom is -0.475 e. The van der Waals surface area contributed by atoms with Gasteiger partial charge in [0.15, 0.2) is 0 Å². The van der Waals surface area contributed by atoms with Gasteiger partial charge in [0.2, 0.25) is 0 Å². The number of nitrogens with zero attached hydrogens (tertiary/aromatic N) is 3. The van der Waals surface area contributed by atoms with E-state index >= 15 is 0 Å². The predicted molar refractivity (Wildman–Crippen MR) is 98.2 cm³/mol. The van der Waals surface area contributed by atoms with E-state index in [2.05, 4.69) is 4.90 Å². The molecule has 0 saturated carbocycles. The summed E-state index contributed by atoms with van der Waals surface area (Å²) in [4.78, 5) is 11.3. The van der Waals surface area contributed by atoms with Gasteiger partial charge in [-0.05, 0) is 37.3 Å². The number of aryl methyl sites for hydroxylation is 1. The van der Waals surface area contributed by atoms with Gasteiger partial charge in [-0.15, -0.1) is 0 Å². The summed E-state index contributed by atoms with van der Waals surface area (Å²) >= 11 is 0. The van der Waals surface area contributed by atoms with E-state index in [1.165, 1.54) is 4.31 Å². The van der Waals surface area contributed by atoms with Crippen molar-refractivity contribution in [3.05, 3.63) is 23.7 Å². The molecular formula is C17H26F3N3O5S. The topological polar surface area (TPSA) is 94.3 Å². The molecule has 0 aliphatic carbocycles. The van der Waals surface area contributed by atoms with Crippen molar-refractivity contribution in [2.24, 2.45) is 11.8 Å². The summed E-state index contributed by atoms with van der Waals surface area (Å²) in [5.41, 5.74) is 0. The first kappa shape index (κ1) is 23.6. The van der Waals surface area contributed by atoms with Crippen molar-refractivity contribution < 1.29 is 35.9 Å². The number of carboxylic acid groups (broad SMARTS) is 1. The van der Waals surface area contributed by atoms with Gasteiger partial charge in [-0.3, -0.25) is 4.90 Å². The summed E-state index contributed by atoms with van der Waals surface area (Å²) < 4.78 is 64.9. The molecule has 0 spiro atoms. The van der Waals surface area contributed by atoms with Crippen LogP contribution in [0, 0.1) is 18.8 Å². The van der Waals surface area contributed by atoms with Crippen molar-refractivity contribution in [3.8, 4) is 0 Å². The van der Waals surface area contributed by atoms with Crippen molar-refractivity contribution in [3.63, 3.8) is 0 Å². The maximum absolute atomic E-state index is 12.3. The lowest BCUT2D eigenvalue weighted by Crippen LogP contribution is -2.47. The predicted octanol–water partition coefficient (Wildman–Crippen LogP) is 1.78. The van der Waals surface area contributed by atoms with E-state index in [0.717, 1.165) is 37.6 Å². The van der Waals surface area contributed by atoms with Crippen molar-refractivity contribution in [2.45, 2.75) is 26.1 Å². The van der Waals surface area contributed by atoms with E-state index in [1.54, 1.807) is 18.4 Å². The molecule has 2 atom stereocenters. The Morgan fingerprint density at radius 2 is 1.83 bits per heavy atom. The quantitative estimate of drug-likeness (QED) is 0.766. The lowest BCUT2D eigenvalue weighted by atomic mass is 9.90. The Labute approximate surface area is 168 Å². The number of carbonyl (C=O) groups is 1. The summed E-state index contributed by atoms with van der Waals surface area (Å²) in [7, 11) is -0.0844. The van der Waals surface area contributed by atoms with Crippen LogP contribution in [0.3, 0.4) is 0 Å². The minimum atomic E-state index is -5.08. The Bertz CT molecular complexity index is 809. The number of aliphatic carboxylic acids is 1. The molecule has 2 fully saturated rings. The monoisotopic (exact) mass is 441 g/mol. The van der Waals surface area contributed by atoms with Crippen LogP contribution in [0.4, 0.5) is 13.2 Å². The largest absolute Gasteiger partial charge is 0.490 e. The highest BCUT2D eigenvalue weighted by atomic mass is 32.2. The number of fused-ring (bicyclic) bond motifs is 1. The molecular weight excluding hydrogens is 415 g/mol. The molecule has 8 nitrogen and oxygen atoms in total. The second kappa shape index (κ2) is 9.02. The van der Waals surface area contributed by atoms with Crippen molar-refractivity contribution >= 4 is 16.2 Å². The van der Waals surface area contributed by atoms with Crippen LogP contribution in [0.25, 0.3) is 0 Å². The highest BCUT2D eigenvalue weighted by Crippen LogP contribution is 2.33. The van der Waals surface area contributed by atoms with E-state index in [1.807, 2.05) is 19.1 Å². The number of furan rings is 1. The van der Waals surface area contributed by atoms with Crippen LogP contribution in [-0.4, -0.2) is 79.5 Å². The number of likely N-dealkylation sites (tertiary alicyclic amines) is 1. The summed E-state index contributed by atoms with van der Waals surface area (Å²) in [6, 6.07) is 4.02. The Balaban J connectivity index is 0.000000370. The molecule has 0 radical (unpaired) electrons. The standard InChI is InChI=1S/C15H25N3O3S.C2HF3O2/c1-12-4-5-15(21-12)11-17-8-13-6-7-18(10-14(13)9-17)22(19,20)16(2)3;3-2(4,5)1(6)7/h4-5,13-14H,6-11H2,1-3H3;(H,6,7)/t13-,14-;/m1./s1. The highest BCUT2D eigenvalue weighted by molar-refractivity contribution is 7.86. The zero-order valence-corrected chi connectivity index (χ0v) is 17.3. The van der Waals surface area contributed by atoms with E-state index in [-0.39, 0.29) is 0 Å². The second-order valence-corrected chi connectivity index (χ2v) is 9.61. The molecule has 2 aliphatic heterocycles. The Morgan fingerprint density at radius 3 is 2.31 bits per heavy atom. The van der Waals surface area contributed by atoms with E-state index in [0.29, 0.717) is 24.9 Å². The Hall–Kier alpha value is -1.63. The molecule has 29 heavy (non-hydrogen) atoms. The number of alkyl halides is 3. The third kappa shape index (κ3) is 6.17. The number of hydrogen-bond donors (Lipinski definition) is 1. The van der Waals surface area contributed by atoms with Gasteiger partial charge in [0.05, 0.1) is 6.54 Å². The van der Waals surface area contributed by atoms with Gasteiger partial charge in [0.1, 0.15) is 11.5 Å². The van der Waals surface area contributed by atoms with Gasteiger partial charge < -0.3 is 9.52 Å². The highest BCUT2D eigenvalue weighted by Gasteiger charge is 2.41. The minimum absolute atomic E-state index is 0.430. The van der Waals surface area contributed by atoms with Crippen LogP contribution in [0.2, 0.25) is 0 Å². The third-order valence-corrected chi connectivity index (χ3v) is 6.95.